The SMILES string of the molecule is COC(=O)c1ccc(-c2ccn3ncc(I)c3n2)cc1COC=N. The Morgan fingerprint density at radius 3 is 3.00 bits per heavy atom. The summed E-state index contributed by atoms with van der Waals surface area (Å²) in [7, 11) is 1.33. The Labute approximate surface area is 151 Å². The molecule has 0 saturated carbocycles. The van der Waals surface area contributed by atoms with Crippen molar-refractivity contribution in [1.82, 2.24) is 14.6 Å². The number of carbonyl (C=O) groups excluding carboxylic acids is 1. The second kappa shape index (κ2) is 6.95. The van der Waals surface area contributed by atoms with E-state index >= 15 is 0 Å². The number of methoxy groups -OCH3 is 1. The molecule has 3 rings (SSSR count). The highest BCUT2D eigenvalue weighted by Crippen LogP contribution is 2.23. The Morgan fingerprint density at radius 1 is 1.42 bits per heavy atom. The average molecular weight is 436 g/mol. The Kier molecular flexibility index (Phi) is 4.74. The zero-order chi connectivity index (χ0) is 17.1. The molecule has 24 heavy (non-hydrogen) atoms. The number of hydrogen-bond acceptors (Lipinski definition) is 6. The standard InChI is InChI=1S/C16H13IN4O3/c1-23-16(22)12-3-2-10(6-11(12)8-24-9-18)14-4-5-21-15(20-14)13(17)7-19-21/h2-7,9,18H,8H2,1H3. The van der Waals surface area contributed by atoms with E-state index in [1.807, 2.05) is 24.4 Å². The lowest BCUT2D eigenvalue weighted by molar-refractivity contribution is 0.0597. The Morgan fingerprint density at radius 2 is 2.25 bits per heavy atom. The molecule has 0 saturated heterocycles. The van der Waals surface area contributed by atoms with Crippen molar-refractivity contribution in [2.75, 3.05) is 7.11 Å². The average Bonchev–Trinajstić information content (AvgIpc) is 2.99. The zero-order valence-corrected chi connectivity index (χ0v) is 14.9. The monoisotopic (exact) mass is 436 g/mol. The van der Waals surface area contributed by atoms with Crippen LogP contribution in [-0.4, -0.2) is 34.1 Å². The number of nitrogens with one attached hydrogen (secondary N) is 1. The van der Waals surface area contributed by atoms with Crippen molar-refractivity contribution in [3.63, 3.8) is 0 Å². The fourth-order valence-corrected chi connectivity index (χ4v) is 2.81. The number of rotatable bonds is 5. The van der Waals surface area contributed by atoms with Gasteiger partial charge in [0.15, 0.2) is 12.0 Å². The summed E-state index contributed by atoms with van der Waals surface area (Å²) >= 11 is 2.18. The predicted octanol–water partition coefficient (Wildman–Crippen LogP) is 2.91. The fraction of sp³-hybridized carbons (Fsp3) is 0.125. The molecule has 0 radical (unpaired) electrons. The van der Waals surface area contributed by atoms with E-state index in [4.69, 9.17) is 14.9 Å². The van der Waals surface area contributed by atoms with Crippen molar-refractivity contribution >= 4 is 40.6 Å². The Bertz CT molecular complexity index is 923. The number of carbonyl (C=O) groups is 1. The molecule has 0 fully saturated rings. The first-order chi connectivity index (χ1) is 11.6. The van der Waals surface area contributed by atoms with E-state index in [0.717, 1.165) is 26.9 Å². The molecule has 2 aromatic heterocycles. The lowest BCUT2D eigenvalue weighted by Crippen LogP contribution is -2.07. The van der Waals surface area contributed by atoms with Crippen LogP contribution in [0.5, 0.6) is 0 Å². The van der Waals surface area contributed by atoms with Gasteiger partial charge < -0.3 is 9.47 Å². The van der Waals surface area contributed by atoms with Crippen LogP contribution in [0.4, 0.5) is 0 Å². The maximum Gasteiger partial charge on any atom is 0.338 e. The third-order valence-electron chi connectivity index (χ3n) is 3.45. The molecule has 0 aliphatic rings. The molecule has 0 spiro atoms. The maximum atomic E-state index is 11.9. The van der Waals surface area contributed by atoms with E-state index in [0.29, 0.717) is 11.1 Å². The van der Waals surface area contributed by atoms with Gasteiger partial charge in [0.05, 0.1) is 28.1 Å². The summed E-state index contributed by atoms with van der Waals surface area (Å²) in [6.45, 7) is 0.105. The summed E-state index contributed by atoms with van der Waals surface area (Å²) in [5.41, 5.74) is 3.40. The van der Waals surface area contributed by atoms with Crippen molar-refractivity contribution in [2.45, 2.75) is 6.61 Å². The summed E-state index contributed by atoms with van der Waals surface area (Å²) in [5, 5.41) is 11.2. The molecule has 2 heterocycles. The molecule has 0 aliphatic heterocycles. The van der Waals surface area contributed by atoms with E-state index in [1.165, 1.54) is 7.11 Å². The summed E-state index contributed by atoms with van der Waals surface area (Å²) in [6.07, 6.45) is 4.42. The maximum absolute atomic E-state index is 11.9. The van der Waals surface area contributed by atoms with Gasteiger partial charge in [-0.3, -0.25) is 5.41 Å². The summed E-state index contributed by atoms with van der Waals surface area (Å²) in [6, 6.07) is 7.15. The fourth-order valence-electron chi connectivity index (χ4n) is 2.31. The van der Waals surface area contributed by atoms with Gasteiger partial charge in [-0.25, -0.2) is 14.3 Å². The number of benzene rings is 1. The predicted molar refractivity (Wildman–Crippen MR) is 96.1 cm³/mol. The van der Waals surface area contributed by atoms with Crippen LogP contribution < -0.4 is 0 Å². The molecule has 1 aromatic carbocycles. The van der Waals surface area contributed by atoms with Crippen LogP contribution in [0.3, 0.4) is 0 Å². The first kappa shape index (κ1) is 16.4. The van der Waals surface area contributed by atoms with Crippen molar-refractivity contribution in [1.29, 1.82) is 5.41 Å². The molecule has 8 heteroatoms. The molecule has 0 amide bonds. The molecule has 0 unspecified atom stereocenters. The Balaban J connectivity index is 2.07. The quantitative estimate of drug-likeness (QED) is 0.288. The summed E-state index contributed by atoms with van der Waals surface area (Å²) < 4.78 is 12.5. The highest BCUT2D eigenvalue weighted by atomic mass is 127. The largest absolute Gasteiger partial charge is 0.479 e. The first-order valence-corrected chi connectivity index (χ1v) is 8.04. The lowest BCUT2D eigenvalue weighted by atomic mass is 10.0. The van der Waals surface area contributed by atoms with E-state index in [9.17, 15) is 4.79 Å². The van der Waals surface area contributed by atoms with Gasteiger partial charge in [0.25, 0.3) is 0 Å². The minimum atomic E-state index is -0.445. The topological polar surface area (TPSA) is 89.6 Å². The number of aromatic nitrogens is 3. The van der Waals surface area contributed by atoms with Crippen LogP contribution >= 0.6 is 22.6 Å². The van der Waals surface area contributed by atoms with E-state index < -0.39 is 5.97 Å². The van der Waals surface area contributed by atoms with Crippen LogP contribution in [-0.2, 0) is 16.1 Å². The van der Waals surface area contributed by atoms with Gasteiger partial charge in [0.2, 0.25) is 0 Å². The number of halogens is 1. The highest BCUT2D eigenvalue weighted by Gasteiger charge is 2.14. The molecule has 0 atom stereocenters. The molecule has 3 aromatic rings. The van der Waals surface area contributed by atoms with Crippen molar-refractivity contribution in [3.05, 3.63) is 51.4 Å². The van der Waals surface area contributed by atoms with Gasteiger partial charge in [-0.05, 0) is 40.8 Å². The molecular weight excluding hydrogens is 423 g/mol. The lowest BCUT2D eigenvalue weighted by Gasteiger charge is -2.10. The minimum absolute atomic E-state index is 0.105. The third kappa shape index (κ3) is 3.09. The Hall–Kier alpha value is -2.49. The van der Waals surface area contributed by atoms with Crippen molar-refractivity contribution in [2.24, 2.45) is 0 Å². The van der Waals surface area contributed by atoms with Gasteiger partial charge in [0, 0.05) is 17.3 Å². The van der Waals surface area contributed by atoms with Gasteiger partial charge in [-0.1, -0.05) is 6.07 Å². The van der Waals surface area contributed by atoms with E-state index in [1.54, 1.807) is 16.8 Å². The van der Waals surface area contributed by atoms with Crippen LogP contribution in [0.25, 0.3) is 16.9 Å². The molecule has 7 nitrogen and oxygen atoms in total. The van der Waals surface area contributed by atoms with Gasteiger partial charge in [0.1, 0.15) is 6.61 Å². The number of esters is 1. The normalized spacial score (nSPS) is 10.6. The van der Waals surface area contributed by atoms with Crippen LogP contribution in [0, 0.1) is 8.98 Å². The second-order valence-electron chi connectivity index (χ2n) is 4.87. The van der Waals surface area contributed by atoms with Gasteiger partial charge >= 0.3 is 5.97 Å². The zero-order valence-electron chi connectivity index (χ0n) is 12.7. The summed E-state index contributed by atoms with van der Waals surface area (Å²) in [4.78, 5) is 16.5. The molecular formula is C16H13IN4O3. The van der Waals surface area contributed by atoms with Gasteiger partial charge in [-0.2, -0.15) is 5.10 Å². The van der Waals surface area contributed by atoms with Crippen molar-refractivity contribution < 1.29 is 14.3 Å². The van der Waals surface area contributed by atoms with E-state index in [2.05, 4.69) is 32.7 Å². The van der Waals surface area contributed by atoms with Crippen LogP contribution in [0.2, 0.25) is 0 Å². The minimum Gasteiger partial charge on any atom is -0.479 e. The number of fused-ring (bicyclic) bond motifs is 1. The van der Waals surface area contributed by atoms with Crippen LogP contribution in [0.15, 0.2) is 36.7 Å². The van der Waals surface area contributed by atoms with E-state index in [-0.39, 0.29) is 6.61 Å². The highest BCUT2D eigenvalue weighted by molar-refractivity contribution is 14.1. The third-order valence-corrected chi connectivity index (χ3v) is 4.22. The van der Waals surface area contributed by atoms with Crippen molar-refractivity contribution in [3.8, 4) is 11.3 Å². The number of nitrogens with zero attached hydrogens (tertiary/aromatic N) is 3. The molecule has 0 aliphatic carbocycles. The number of ether oxygens (including phenoxy) is 2. The molecule has 1 N–H and O–H groups in total. The first-order valence-electron chi connectivity index (χ1n) is 6.96. The summed E-state index contributed by atoms with van der Waals surface area (Å²) in [5.74, 6) is -0.445. The van der Waals surface area contributed by atoms with Gasteiger partial charge in [-0.15, -0.1) is 0 Å². The molecule has 122 valence electrons. The molecule has 0 bridgehead atoms. The second-order valence-corrected chi connectivity index (χ2v) is 6.03. The van der Waals surface area contributed by atoms with Crippen LogP contribution in [0.1, 0.15) is 15.9 Å². The number of hydrogen-bond donors (Lipinski definition) is 1. The smallest absolute Gasteiger partial charge is 0.338 e.